The minimum absolute atomic E-state index is 0.00435. The summed E-state index contributed by atoms with van der Waals surface area (Å²) in [6.07, 6.45) is 1.19. The van der Waals surface area contributed by atoms with E-state index in [1.807, 2.05) is 110 Å². The van der Waals surface area contributed by atoms with Gasteiger partial charge in [0.25, 0.3) is 0 Å². The molecule has 1 amide bonds. The van der Waals surface area contributed by atoms with Crippen molar-refractivity contribution in [1.82, 2.24) is 5.32 Å². The molecule has 5 aromatic rings. The van der Waals surface area contributed by atoms with Crippen LogP contribution in [-0.4, -0.2) is 39.7 Å². The summed E-state index contributed by atoms with van der Waals surface area (Å²) in [4.78, 5) is 26.4. The van der Waals surface area contributed by atoms with E-state index in [1.54, 1.807) is 12.1 Å². The zero-order chi connectivity index (χ0) is 36.8. The smallest absolute Gasteiger partial charge is 0.306 e. The first-order valence-corrected chi connectivity index (χ1v) is 18.8. The molecule has 5 rings (SSSR count). The molecule has 0 radical (unpaired) electrons. The number of ether oxygens (including phenoxy) is 3. The zero-order valence-electron chi connectivity index (χ0n) is 29.3. The quantitative estimate of drug-likeness (QED) is 0.0710. The Kier molecular flexibility index (Phi) is 13.3. The molecular weight excluding hydrogens is 679 g/mol. The van der Waals surface area contributed by atoms with E-state index in [0.29, 0.717) is 36.0 Å². The molecule has 0 fully saturated rings. The van der Waals surface area contributed by atoms with Crippen LogP contribution in [0.2, 0.25) is 0 Å². The molecule has 2 N–H and O–H groups in total. The van der Waals surface area contributed by atoms with E-state index in [2.05, 4.69) is 27.1 Å². The van der Waals surface area contributed by atoms with Crippen molar-refractivity contribution < 1.29 is 32.2 Å². The van der Waals surface area contributed by atoms with Crippen molar-refractivity contribution in [3.05, 3.63) is 150 Å². The van der Waals surface area contributed by atoms with Crippen LogP contribution >= 0.6 is 0 Å². The molecule has 0 saturated carbocycles. The van der Waals surface area contributed by atoms with Crippen LogP contribution in [0.5, 0.6) is 17.2 Å². The van der Waals surface area contributed by atoms with Gasteiger partial charge in [0.05, 0.1) is 24.9 Å². The normalized spacial score (nSPS) is 11.0. The van der Waals surface area contributed by atoms with Gasteiger partial charge in [-0.3, -0.25) is 14.3 Å². The number of amides is 1. The van der Waals surface area contributed by atoms with Crippen LogP contribution in [0.3, 0.4) is 0 Å². The van der Waals surface area contributed by atoms with E-state index < -0.39 is 16.0 Å². The summed E-state index contributed by atoms with van der Waals surface area (Å²) in [6, 6.07) is 40.2. The van der Waals surface area contributed by atoms with Crippen LogP contribution in [0.25, 0.3) is 0 Å². The predicted molar refractivity (Wildman–Crippen MR) is 203 cm³/mol. The van der Waals surface area contributed by atoms with Crippen LogP contribution in [-0.2, 0) is 44.0 Å². The minimum Gasteiger partial charge on any atom is -0.492 e. The largest absolute Gasteiger partial charge is 0.492 e. The third kappa shape index (κ3) is 12.2. The van der Waals surface area contributed by atoms with Crippen molar-refractivity contribution in [3.63, 3.8) is 0 Å². The molecule has 0 aliphatic rings. The number of carbonyl (C=O) groups is 2. The lowest BCUT2D eigenvalue weighted by Crippen LogP contribution is -2.28. The van der Waals surface area contributed by atoms with Gasteiger partial charge in [-0.2, -0.15) is 0 Å². The third-order valence-electron chi connectivity index (χ3n) is 7.99. The average Bonchev–Trinajstić information content (AvgIpc) is 3.13. The van der Waals surface area contributed by atoms with Gasteiger partial charge in [0.15, 0.2) is 0 Å². The maximum Gasteiger partial charge on any atom is 0.306 e. The van der Waals surface area contributed by atoms with Crippen molar-refractivity contribution in [2.45, 2.75) is 39.5 Å². The molecule has 0 atom stereocenters. The van der Waals surface area contributed by atoms with Crippen molar-refractivity contribution in [2.24, 2.45) is 0 Å². The Morgan fingerprint density at radius 1 is 0.692 bits per heavy atom. The third-order valence-corrected chi connectivity index (χ3v) is 8.58. The number of carbonyl (C=O) groups excluding carboxylic acids is 2. The predicted octanol–water partition coefficient (Wildman–Crippen LogP) is 7.38. The Labute approximate surface area is 305 Å². The van der Waals surface area contributed by atoms with Crippen LogP contribution in [0.15, 0.2) is 127 Å². The Morgan fingerprint density at radius 2 is 1.33 bits per heavy atom. The Bertz CT molecular complexity index is 2020. The maximum absolute atomic E-state index is 12.2. The maximum atomic E-state index is 12.2. The molecule has 0 aliphatic carbocycles. The van der Waals surface area contributed by atoms with Gasteiger partial charge >= 0.3 is 5.97 Å². The fourth-order valence-corrected chi connectivity index (χ4v) is 6.05. The number of hydrogen-bond donors (Lipinski definition) is 2. The SMILES string of the molecule is Cc1c(NS(C)(=O)=O)cccc1N(Cc1ccccc1)Cc1ccc(Oc2cccc(OCCNC(=O)CCC(=O)OCc3ccccc3)c2)cc1. The van der Waals surface area contributed by atoms with Gasteiger partial charge in [0.2, 0.25) is 15.9 Å². The highest BCUT2D eigenvalue weighted by atomic mass is 32.2. The Balaban J connectivity index is 1.11. The van der Waals surface area contributed by atoms with Crippen LogP contribution in [0, 0.1) is 6.92 Å². The fraction of sp³-hybridized carbons (Fsp3) is 0.220. The fourth-order valence-electron chi connectivity index (χ4n) is 5.43. The molecule has 5 aromatic carbocycles. The summed E-state index contributed by atoms with van der Waals surface area (Å²) >= 11 is 0. The highest BCUT2D eigenvalue weighted by molar-refractivity contribution is 7.92. The number of rotatable bonds is 18. The molecule has 0 spiro atoms. The van der Waals surface area contributed by atoms with Gasteiger partial charge in [-0.05, 0) is 65.6 Å². The molecule has 11 heteroatoms. The Hall–Kier alpha value is -5.81. The number of esters is 1. The van der Waals surface area contributed by atoms with Gasteiger partial charge in [-0.25, -0.2) is 8.42 Å². The summed E-state index contributed by atoms with van der Waals surface area (Å²) < 4.78 is 43.8. The summed E-state index contributed by atoms with van der Waals surface area (Å²) in [5.41, 5.74) is 5.38. The molecule has 0 saturated heterocycles. The number of nitrogens with zero attached hydrogens (tertiary/aromatic N) is 1. The molecule has 0 unspecified atom stereocenters. The van der Waals surface area contributed by atoms with E-state index in [-0.39, 0.29) is 38.5 Å². The lowest BCUT2D eigenvalue weighted by Gasteiger charge is -2.28. The van der Waals surface area contributed by atoms with Crippen molar-refractivity contribution in [1.29, 1.82) is 0 Å². The number of benzene rings is 5. The molecule has 0 bridgehead atoms. The van der Waals surface area contributed by atoms with E-state index in [0.717, 1.165) is 34.2 Å². The second-order valence-electron chi connectivity index (χ2n) is 12.2. The first-order chi connectivity index (χ1) is 25.1. The van der Waals surface area contributed by atoms with Crippen molar-refractivity contribution in [2.75, 3.05) is 29.0 Å². The molecule has 10 nitrogen and oxygen atoms in total. The zero-order valence-corrected chi connectivity index (χ0v) is 30.1. The van der Waals surface area contributed by atoms with Crippen molar-refractivity contribution in [3.8, 4) is 17.2 Å². The molecule has 52 heavy (non-hydrogen) atoms. The number of nitrogens with one attached hydrogen (secondary N) is 2. The van der Waals surface area contributed by atoms with Gasteiger partial charge in [-0.1, -0.05) is 84.9 Å². The first kappa shape index (κ1) is 37.4. The summed E-state index contributed by atoms with van der Waals surface area (Å²) in [7, 11) is -3.43. The number of sulfonamides is 1. The molecular formula is C41H43N3O7S. The molecule has 270 valence electrons. The molecule has 0 aliphatic heterocycles. The minimum atomic E-state index is -3.43. The second-order valence-corrected chi connectivity index (χ2v) is 14.0. The van der Waals surface area contributed by atoms with Gasteiger partial charge in [0.1, 0.15) is 30.5 Å². The van der Waals surface area contributed by atoms with E-state index in [4.69, 9.17) is 14.2 Å². The lowest BCUT2D eigenvalue weighted by atomic mass is 10.1. The highest BCUT2D eigenvalue weighted by Gasteiger charge is 2.15. The average molecular weight is 722 g/mol. The summed E-state index contributed by atoms with van der Waals surface area (Å²) in [5, 5.41) is 2.76. The topological polar surface area (TPSA) is 123 Å². The van der Waals surface area contributed by atoms with Crippen LogP contribution in [0.4, 0.5) is 11.4 Å². The van der Waals surface area contributed by atoms with Crippen LogP contribution < -0.4 is 24.4 Å². The number of anilines is 2. The summed E-state index contributed by atoms with van der Waals surface area (Å²) in [6.45, 7) is 3.83. The highest BCUT2D eigenvalue weighted by Crippen LogP contribution is 2.31. The molecule has 0 heterocycles. The monoisotopic (exact) mass is 721 g/mol. The van der Waals surface area contributed by atoms with E-state index in [1.165, 1.54) is 0 Å². The van der Waals surface area contributed by atoms with Crippen LogP contribution in [0.1, 0.15) is 35.1 Å². The Morgan fingerprint density at radius 3 is 2.02 bits per heavy atom. The first-order valence-electron chi connectivity index (χ1n) is 16.9. The summed E-state index contributed by atoms with van der Waals surface area (Å²) in [5.74, 6) is 1.17. The van der Waals surface area contributed by atoms with Gasteiger partial charge in [0, 0.05) is 31.3 Å². The van der Waals surface area contributed by atoms with Crippen molar-refractivity contribution >= 4 is 33.3 Å². The van der Waals surface area contributed by atoms with E-state index >= 15 is 0 Å². The standard InChI is InChI=1S/C41H43N3O7S/c1-31-38(43-52(2,47)48)17-10-18-39(31)44(28-32-11-5-3-6-12-32)29-33-19-21-35(22-20-33)51-37-16-9-15-36(27-37)49-26-25-42-40(45)23-24-41(46)50-30-34-13-7-4-8-14-34/h3-22,27,43H,23-26,28-30H2,1-2H3,(H,42,45). The van der Waals surface area contributed by atoms with E-state index in [9.17, 15) is 18.0 Å². The second kappa shape index (κ2) is 18.4. The van der Waals surface area contributed by atoms with Gasteiger partial charge < -0.3 is 24.4 Å². The van der Waals surface area contributed by atoms with Gasteiger partial charge in [-0.15, -0.1) is 0 Å². The lowest BCUT2D eigenvalue weighted by molar-refractivity contribution is -0.146. The number of hydrogen-bond acceptors (Lipinski definition) is 8. The molecule has 0 aromatic heterocycles.